The van der Waals surface area contributed by atoms with Gasteiger partial charge in [-0.05, 0) is 36.8 Å². The lowest BCUT2D eigenvalue weighted by atomic mass is 10.0. The predicted octanol–water partition coefficient (Wildman–Crippen LogP) is 3.97. The van der Waals surface area contributed by atoms with E-state index in [1.807, 2.05) is 31.2 Å². The molecule has 0 aliphatic rings. The van der Waals surface area contributed by atoms with Crippen molar-refractivity contribution < 1.29 is 5.11 Å². The normalized spacial score (nSPS) is 12.4. The lowest BCUT2D eigenvalue weighted by Gasteiger charge is -2.12. The summed E-state index contributed by atoms with van der Waals surface area (Å²) >= 11 is 11.9. The Morgan fingerprint density at radius 1 is 1.22 bits per heavy atom. The summed E-state index contributed by atoms with van der Waals surface area (Å²) in [6.07, 6.45) is -0.240. The van der Waals surface area contributed by atoms with Crippen molar-refractivity contribution in [3.05, 3.63) is 63.4 Å². The summed E-state index contributed by atoms with van der Waals surface area (Å²) in [7, 11) is 0. The lowest BCUT2D eigenvalue weighted by molar-refractivity contribution is 0.173. The number of aryl methyl sites for hydroxylation is 1. The number of aliphatic hydroxyl groups is 1. The average Bonchev–Trinajstić information content (AvgIpc) is 2.32. The van der Waals surface area contributed by atoms with Gasteiger partial charge in [0.15, 0.2) is 0 Å². The third-order valence-electron chi connectivity index (χ3n) is 2.68. The van der Waals surface area contributed by atoms with Crippen LogP contribution in [-0.2, 0) is 6.42 Å². The molecule has 0 aliphatic carbocycles. The third kappa shape index (κ3) is 3.22. The van der Waals surface area contributed by atoms with Crippen LogP contribution in [0.3, 0.4) is 0 Å². The Morgan fingerprint density at radius 2 is 2.00 bits per heavy atom. The molecule has 1 N–H and O–H groups in total. The van der Waals surface area contributed by atoms with E-state index in [-0.39, 0.29) is 0 Å². The number of aromatic nitrogens is 1. The van der Waals surface area contributed by atoms with Crippen LogP contribution in [0.5, 0.6) is 0 Å². The number of benzene rings is 1. The van der Waals surface area contributed by atoms with Crippen LogP contribution in [-0.4, -0.2) is 10.1 Å². The van der Waals surface area contributed by atoms with E-state index in [0.717, 1.165) is 11.3 Å². The summed E-state index contributed by atoms with van der Waals surface area (Å²) in [4.78, 5) is 4.30. The van der Waals surface area contributed by atoms with E-state index < -0.39 is 6.10 Å². The molecule has 4 heteroatoms. The molecule has 1 unspecified atom stereocenters. The Kier molecular flexibility index (Phi) is 4.23. The van der Waals surface area contributed by atoms with Crippen LogP contribution in [0.25, 0.3) is 0 Å². The first-order valence-electron chi connectivity index (χ1n) is 5.62. The molecule has 2 nitrogen and oxygen atoms in total. The molecule has 1 heterocycles. The molecule has 2 rings (SSSR count). The van der Waals surface area contributed by atoms with E-state index in [0.29, 0.717) is 22.2 Å². The van der Waals surface area contributed by atoms with Gasteiger partial charge in [0.25, 0.3) is 0 Å². The topological polar surface area (TPSA) is 33.1 Å². The molecule has 0 fully saturated rings. The maximum absolute atomic E-state index is 10.1. The fraction of sp³-hybridized carbons (Fsp3) is 0.214. The molecule has 0 saturated heterocycles. The molecular weight excluding hydrogens is 269 g/mol. The largest absolute Gasteiger partial charge is 0.386 e. The molecule has 0 saturated carbocycles. The molecule has 1 aromatic heterocycles. The maximum atomic E-state index is 10.1. The molecule has 94 valence electrons. The second-order valence-electron chi connectivity index (χ2n) is 4.16. The van der Waals surface area contributed by atoms with Gasteiger partial charge in [-0.3, -0.25) is 4.98 Å². The van der Waals surface area contributed by atoms with Gasteiger partial charge in [-0.1, -0.05) is 35.3 Å². The van der Waals surface area contributed by atoms with Crippen LogP contribution in [0.15, 0.2) is 36.4 Å². The average molecular weight is 282 g/mol. The van der Waals surface area contributed by atoms with Crippen LogP contribution in [0.1, 0.15) is 23.1 Å². The highest BCUT2D eigenvalue weighted by Crippen LogP contribution is 2.25. The fourth-order valence-corrected chi connectivity index (χ4v) is 2.24. The molecule has 2 aromatic rings. The number of nitrogens with zero attached hydrogens (tertiary/aromatic N) is 1. The van der Waals surface area contributed by atoms with Crippen molar-refractivity contribution in [3.8, 4) is 0 Å². The standard InChI is InChI=1S/C14H13Cl2NO/c1-9-3-2-4-13(17-9)14(18)7-10-5-6-11(15)8-12(10)16/h2-6,8,14,18H,7H2,1H3. The SMILES string of the molecule is Cc1cccc(C(O)Cc2ccc(Cl)cc2Cl)n1. The lowest BCUT2D eigenvalue weighted by Crippen LogP contribution is -2.05. The van der Waals surface area contributed by atoms with Crippen molar-refractivity contribution in [2.75, 3.05) is 0 Å². The van der Waals surface area contributed by atoms with Crippen LogP contribution >= 0.6 is 23.2 Å². The summed E-state index contributed by atoms with van der Waals surface area (Å²) in [5.74, 6) is 0. The third-order valence-corrected chi connectivity index (χ3v) is 3.27. The van der Waals surface area contributed by atoms with Gasteiger partial charge in [-0.15, -0.1) is 0 Å². The Hall–Kier alpha value is -1.09. The molecule has 1 atom stereocenters. The van der Waals surface area contributed by atoms with Crippen LogP contribution < -0.4 is 0 Å². The van der Waals surface area contributed by atoms with Crippen molar-refractivity contribution in [2.24, 2.45) is 0 Å². The highest BCUT2D eigenvalue weighted by atomic mass is 35.5. The van der Waals surface area contributed by atoms with E-state index in [9.17, 15) is 5.11 Å². The van der Waals surface area contributed by atoms with Crippen LogP contribution in [0, 0.1) is 6.92 Å². The monoisotopic (exact) mass is 281 g/mol. The molecule has 0 bridgehead atoms. The zero-order chi connectivity index (χ0) is 13.1. The number of aliphatic hydroxyl groups excluding tert-OH is 1. The Balaban J connectivity index is 2.18. The van der Waals surface area contributed by atoms with Crippen molar-refractivity contribution in [1.29, 1.82) is 0 Å². The summed E-state index contributed by atoms with van der Waals surface area (Å²) in [5.41, 5.74) is 2.40. The van der Waals surface area contributed by atoms with Crippen molar-refractivity contribution in [3.63, 3.8) is 0 Å². The molecule has 1 aromatic carbocycles. The molecule has 18 heavy (non-hydrogen) atoms. The van der Waals surface area contributed by atoms with Crippen molar-refractivity contribution >= 4 is 23.2 Å². The summed E-state index contributed by atoms with van der Waals surface area (Å²) in [6, 6.07) is 10.8. The van der Waals surface area contributed by atoms with Gasteiger partial charge in [0, 0.05) is 22.2 Å². The Bertz CT molecular complexity index is 557. The highest BCUT2D eigenvalue weighted by Gasteiger charge is 2.12. The van der Waals surface area contributed by atoms with Crippen molar-refractivity contribution in [1.82, 2.24) is 4.98 Å². The summed E-state index contributed by atoms with van der Waals surface area (Å²) in [6.45, 7) is 1.89. The van der Waals surface area contributed by atoms with Gasteiger partial charge in [0.1, 0.15) is 6.10 Å². The van der Waals surface area contributed by atoms with Crippen LogP contribution in [0.4, 0.5) is 0 Å². The minimum Gasteiger partial charge on any atom is -0.386 e. The first-order chi connectivity index (χ1) is 8.56. The number of pyridine rings is 1. The van der Waals surface area contributed by atoms with Gasteiger partial charge in [-0.25, -0.2) is 0 Å². The predicted molar refractivity (Wildman–Crippen MR) is 74.1 cm³/mol. The van der Waals surface area contributed by atoms with E-state index >= 15 is 0 Å². The molecule has 0 amide bonds. The van der Waals surface area contributed by atoms with E-state index in [1.165, 1.54) is 0 Å². The second kappa shape index (κ2) is 5.70. The zero-order valence-electron chi connectivity index (χ0n) is 9.90. The Labute approximate surface area is 116 Å². The number of halogens is 2. The summed E-state index contributed by atoms with van der Waals surface area (Å²) < 4.78 is 0. The smallest absolute Gasteiger partial charge is 0.100 e. The summed E-state index contributed by atoms with van der Waals surface area (Å²) in [5, 5.41) is 11.3. The van der Waals surface area contributed by atoms with E-state index in [4.69, 9.17) is 23.2 Å². The van der Waals surface area contributed by atoms with Gasteiger partial charge in [0.2, 0.25) is 0 Å². The number of hydrogen-bond acceptors (Lipinski definition) is 2. The number of rotatable bonds is 3. The minimum atomic E-state index is -0.663. The molecule has 0 radical (unpaired) electrons. The zero-order valence-corrected chi connectivity index (χ0v) is 11.4. The van der Waals surface area contributed by atoms with Crippen LogP contribution in [0.2, 0.25) is 10.0 Å². The van der Waals surface area contributed by atoms with Gasteiger partial charge < -0.3 is 5.11 Å². The second-order valence-corrected chi connectivity index (χ2v) is 5.00. The first kappa shape index (κ1) is 13.3. The highest BCUT2D eigenvalue weighted by molar-refractivity contribution is 6.35. The van der Waals surface area contributed by atoms with E-state index in [1.54, 1.807) is 12.1 Å². The first-order valence-corrected chi connectivity index (χ1v) is 6.37. The minimum absolute atomic E-state index is 0.423. The molecule has 0 spiro atoms. The van der Waals surface area contributed by atoms with E-state index in [2.05, 4.69) is 4.98 Å². The molecule has 0 aliphatic heterocycles. The molecular formula is C14H13Cl2NO. The number of hydrogen-bond donors (Lipinski definition) is 1. The van der Waals surface area contributed by atoms with Gasteiger partial charge in [0.05, 0.1) is 5.69 Å². The maximum Gasteiger partial charge on any atom is 0.100 e. The van der Waals surface area contributed by atoms with Gasteiger partial charge in [-0.2, -0.15) is 0 Å². The van der Waals surface area contributed by atoms with Gasteiger partial charge >= 0.3 is 0 Å². The van der Waals surface area contributed by atoms with Crippen molar-refractivity contribution in [2.45, 2.75) is 19.4 Å². The quantitative estimate of drug-likeness (QED) is 0.923. The Morgan fingerprint density at radius 3 is 2.67 bits per heavy atom. The fourth-order valence-electron chi connectivity index (χ4n) is 1.75.